The van der Waals surface area contributed by atoms with E-state index in [0.717, 1.165) is 5.69 Å². The number of carbonyl (C=O) groups excluding carboxylic acids is 1. The van der Waals surface area contributed by atoms with Gasteiger partial charge in [-0.25, -0.2) is 14.8 Å². The first-order valence-corrected chi connectivity index (χ1v) is 8.34. The van der Waals surface area contributed by atoms with Crippen molar-refractivity contribution in [3.05, 3.63) is 42.1 Å². The minimum absolute atomic E-state index is 0.319. The van der Waals surface area contributed by atoms with Crippen molar-refractivity contribution in [3.8, 4) is 0 Å². The summed E-state index contributed by atoms with van der Waals surface area (Å²) in [6.07, 6.45) is 3.44. The third-order valence-electron chi connectivity index (χ3n) is 3.06. The summed E-state index contributed by atoms with van der Waals surface area (Å²) in [4.78, 5) is 22.9. The number of anilines is 2. The molecule has 5 nitrogen and oxygen atoms in total. The first kappa shape index (κ1) is 16.3. The first-order valence-electron chi connectivity index (χ1n) is 7.12. The van der Waals surface area contributed by atoms with Gasteiger partial charge in [-0.15, -0.1) is 0 Å². The van der Waals surface area contributed by atoms with Gasteiger partial charge in [-0.2, -0.15) is 0 Å². The molecule has 2 aromatic rings. The monoisotopic (exact) mass is 317 g/mol. The molecule has 0 radical (unpaired) electrons. The number of esters is 1. The summed E-state index contributed by atoms with van der Waals surface area (Å²) in [5.41, 5.74) is 1.35. The van der Waals surface area contributed by atoms with Gasteiger partial charge in [0.15, 0.2) is 11.0 Å². The van der Waals surface area contributed by atoms with Crippen molar-refractivity contribution < 1.29 is 9.53 Å². The predicted octanol–water partition coefficient (Wildman–Crippen LogP) is 3.53. The van der Waals surface area contributed by atoms with Crippen molar-refractivity contribution in [1.82, 2.24) is 9.97 Å². The van der Waals surface area contributed by atoms with Gasteiger partial charge >= 0.3 is 5.97 Å². The number of para-hydroxylation sites is 1. The minimum Gasteiger partial charge on any atom is -0.462 e. The van der Waals surface area contributed by atoms with E-state index in [4.69, 9.17) is 4.74 Å². The molecule has 0 N–H and O–H groups in total. The highest BCUT2D eigenvalue weighted by Gasteiger charge is 2.21. The molecule has 2 rings (SSSR count). The fourth-order valence-corrected chi connectivity index (χ4v) is 2.41. The van der Waals surface area contributed by atoms with E-state index in [9.17, 15) is 4.79 Å². The van der Waals surface area contributed by atoms with Gasteiger partial charge in [0.2, 0.25) is 0 Å². The molecule has 22 heavy (non-hydrogen) atoms. The van der Waals surface area contributed by atoms with E-state index in [1.807, 2.05) is 48.4 Å². The first-order chi connectivity index (χ1) is 10.7. The zero-order valence-corrected chi connectivity index (χ0v) is 13.8. The van der Waals surface area contributed by atoms with Gasteiger partial charge in [0.25, 0.3) is 0 Å². The van der Waals surface area contributed by atoms with Crippen LogP contribution in [0.1, 0.15) is 24.2 Å². The molecule has 1 heterocycles. The van der Waals surface area contributed by atoms with E-state index in [1.165, 1.54) is 18.0 Å². The Hall–Kier alpha value is -2.08. The molecule has 1 aromatic heterocycles. The number of nitrogens with zero attached hydrogens (tertiary/aromatic N) is 3. The molecule has 0 aliphatic rings. The third kappa shape index (κ3) is 3.57. The van der Waals surface area contributed by atoms with Gasteiger partial charge in [-0.05, 0) is 32.2 Å². The number of ether oxygens (including phenoxy) is 1. The Kier molecular flexibility index (Phi) is 5.77. The second kappa shape index (κ2) is 7.79. The molecular weight excluding hydrogens is 298 g/mol. The van der Waals surface area contributed by atoms with Crippen molar-refractivity contribution in [2.45, 2.75) is 19.0 Å². The van der Waals surface area contributed by atoms with Gasteiger partial charge in [-0.3, -0.25) is 0 Å². The molecule has 0 saturated heterocycles. The molecule has 0 amide bonds. The minimum atomic E-state index is -0.403. The van der Waals surface area contributed by atoms with Crippen LogP contribution in [0.15, 0.2) is 41.7 Å². The molecular formula is C16H19N3O2S. The number of hydrogen-bond donors (Lipinski definition) is 0. The maximum absolute atomic E-state index is 12.2. The Balaban J connectivity index is 2.52. The van der Waals surface area contributed by atoms with Gasteiger partial charge in [0.05, 0.1) is 6.61 Å². The van der Waals surface area contributed by atoms with Gasteiger partial charge in [0, 0.05) is 18.4 Å². The van der Waals surface area contributed by atoms with Crippen LogP contribution in [0.3, 0.4) is 0 Å². The van der Waals surface area contributed by atoms with Crippen LogP contribution in [0.2, 0.25) is 0 Å². The second-order valence-corrected chi connectivity index (χ2v) is 5.17. The molecule has 0 bridgehead atoms. The lowest BCUT2D eigenvalue weighted by Gasteiger charge is -2.24. The van der Waals surface area contributed by atoms with Crippen molar-refractivity contribution >= 4 is 29.2 Å². The SMILES string of the molecule is CCOC(=O)c1cnc(SC)nc1N(CC)c1ccccc1. The topological polar surface area (TPSA) is 55.3 Å². The van der Waals surface area contributed by atoms with Gasteiger partial charge in [0.1, 0.15) is 5.56 Å². The average Bonchev–Trinajstić information content (AvgIpc) is 2.56. The van der Waals surface area contributed by atoms with Crippen molar-refractivity contribution in [2.75, 3.05) is 24.3 Å². The fourth-order valence-electron chi connectivity index (χ4n) is 2.08. The largest absolute Gasteiger partial charge is 0.462 e. The fraction of sp³-hybridized carbons (Fsp3) is 0.312. The predicted molar refractivity (Wildman–Crippen MR) is 88.9 cm³/mol. The highest BCUT2D eigenvalue weighted by Crippen LogP contribution is 2.28. The lowest BCUT2D eigenvalue weighted by atomic mass is 10.2. The van der Waals surface area contributed by atoms with Crippen LogP contribution in [0.5, 0.6) is 0 Å². The van der Waals surface area contributed by atoms with Crippen LogP contribution in [0.4, 0.5) is 11.5 Å². The summed E-state index contributed by atoms with van der Waals surface area (Å²) < 4.78 is 5.12. The average molecular weight is 317 g/mol. The van der Waals surface area contributed by atoms with Crippen LogP contribution in [0.25, 0.3) is 0 Å². The summed E-state index contributed by atoms with van der Waals surface area (Å²) in [5.74, 6) is 0.172. The van der Waals surface area contributed by atoms with Crippen LogP contribution >= 0.6 is 11.8 Å². The van der Waals surface area contributed by atoms with Crippen LogP contribution < -0.4 is 4.90 Å². The van der Waals surface area contributed by atoms with Crippen molar-refractivity contribution in [3.63, 3.8) is 0 Å². The maximum atomic E-state index is 12.2. The molecule has 0 spiro atoms. The van der Waals surface area contributed by atoms with E-state index in [1.54, 1.807) is 6.92 Å². The number of aromatic nitrogens is 2. The maximum Gasteiger partial charge on any atom is 0.343 e. The van der Waals surface area contributed by atoms with Crippen molar-refractivity contribution in [2.24, 2.45) is 0 Å². The van der Waals surface area contributed by atoms with E-state index in [0.29, 0.717) is 29.7 Å². The molecule has 6 heteroatoms. The van der Waals surface area contributed by atoms with E-state index >= 15 is 0 Å². The zero-order valence-electron chi connectivity index (χ0n) is 12.9. The molecule has 0 atom stereocenters. The Labute approximate surface area is 134 Å². The molecule has 116 valence electrons. The van der Waals surface area contributed by atoms with Crippen molar-refractivity contribution in [1.29, 1.82) is 0 Å². The number of thioether (sulfide) groups is 1. The normalized spacial score (nSPS) is 10.3. The smallest absolute Gasteiger partial charge is 0.343 e. The second-order valence-electron chi connectivity index (χ2n) is 4.39. The van der Waals surface area contributed by atoms with Gasteiger partial charge < -0.3 is 9.64 Å². The Morgan fingerprint density at radius 2 is 2.00 bits per heavy atom. The summed E-state index contributed by atoms with van der Waals surface area (Å²) >= 11 is 1.44. The van der Waals surface area contributed by atoms with Crippen LogP contribution in [-0.2, 0) is 4.74 Å². The molecule has 0 saturated carbocycles. The summed E-state index contributed by atoms with van der Waals surface area (Å²) in [6, 6.07) is 9.84. The van der Waals surface area contributed by atoms with E-state index < -0.39 is 5.97 Å². The quantitative estimate of drug-likeness (QED) is 0.461. The molecule has 0 fully saturated rings. The van der Waals surface area contributed by atoms with E-state index in [2.05, 4.69) is 9.97 Å². The Bertz CT molecular complexity index is 635. The molecule has 1 aromatic carbocycles. The number of carbonyl (C=O) groups is 1. The van der Waals surface area contributed by atoms with E-state index in [-0.39, 0.29) is 0 Å². The number of rotatable bonds is 6. The lowest BCUT2D eigenvalue weighted by molar-refractivity contribution is 0.0526. The third-order valence-corrected chi connectivity index (χ3v) is 3.63. The summed E-state index contributed by atoms with van der Waals surface area (Å²) in [5, 5.41) is 0.623. The Morgan fingerprint density at radius 3 is 2.59 bits per heavy atom. The number of benzene rings is 1. The van der Waals surface area contributed by atoms with Crippen LogP contribution in [-0.4, -0.2) is 35.3 Å². The lowest BCUT2D eigenvalue weighted by Crippen LogP contribution is -2.22. The summed E-state index contributed by atoms with van der Waals surface area (Å²) in [6.45, 7) is 4.80. The standard InChI is InChI=1S/C16H19N3O2S/c1-4-19(12-9-7-6-8-10-12)14-13(15(20)21-5-2)11-17-16(18-14)22-3/h6-11H,4-5H2,1-3H3. The molecule has 0 aliphatic heterocycles. The van der Waals surface area contributed by atoms with Crippen LogP contribution in [0, 0.1) is 0 Å². The highest BCUT2D eigenvalue weighted by atomic mass is 32.2. The zero-order chi connectivity index (χ0) is 15.9. The van der Waals surface area contributed by atoms with Gasteiger partial charge in [-0.1, -0.05) is 30.0 Å². The highest BCUT2D eigenvalue weighted by molar-refractivity contribution is 7.98. The molecule has 0 aliphatic carbocycles. The molecule has 0 unspecified atom stereocenters. The number of hydrogen-bond acceptors (Lipinski definition) is 6. The Morgan fingerprint density at radius 1 is 1.27 bits per heavy atom. The summed E-state index contributed by atoms with van der Waals surface area (Å²) in [7, 11) is 0.